The van der Waals surface area contributed by atoms with Crippen LogP contribution in [-0.2, 0) is 20.4 Å². The predicted molar refractivity (Wildman–Crippen MR) is 137 cm³/mol. The average Bonchev–Trinajstić information content (AvgIpc) is 3.51. The van der Waals surface area contributed by atoms with Gasteiger partial charge in [0.1, 0.15) is 11.6 Å². The molecule has 1 saturated heterocycles. The van der Waals surface area contributed by atoms with E-state index in [4.69, 9.17) is 0 Å². The number of fused-ring (bicyclic) bond motifs is 1. The molecular weight excluding hydrogens is 516 g/mol. The molecule has 38 heavy (non-hydrogen) atoms. The summed E-state index contributed by atoms with van der Waals surface area (Å²) in [7, 11) is -4.15. The van der Waals surface area contributed by atoms with Crippen molar-refractivity contribution in [1.29, 1.82) is 0 Å². The number of halogens is 2. The number of likely N-dealkylation sites (tertiary alicyclic amines) is 1. The Kier molecular flexibility index (Phi) is 6.44. The van der Waals surface area contributed by atoms with Gasteiger partial charge in [0.25, 0.3) is 11.8 Å². The number of aromatic amines is 1. The molecule has 0 aliphatic carbocycles. The SMILES string of the molecule is Cc1[nH]c(/C=C2\C(=O)Nc3ccc(S(=O)(=O)Cc4c(F)cccc4F)cc32)c(C)c1C(=O)N1CC[C@@H](O)C1. The summed E-state index contributed by atoms with van der Waals surface area (Å²) in [6.45, 7) is 4.19. The fourth-order valence-corrected chi connectivity index (χ4v) is 6.31. The monoisotopic (exact) mass is 541 g/mol. The van der Waals surface area contributed by atoms with E-state index in [-0.39, 0.29) is 22.9 Å². The first kappa shape index (κ1) is 25.8. The van der Waals surface area contributed by atoms with Crippen LogP contribution in [0.1, 0.15) is 44.9 Å². The van der Waals surface area contributed by atoms with Crippen molar-refractivity contribution in [2.75, 3.05) is 18.4 Å². The van der Waals surface area contributed by atoms with Crippen LogP contribution in [0.4, 0.5) is 14.5 Å². The van der Waals surface area contributed by atoms with Gasteiger partial charge in [-0.05, 0) is 62.2 Å². The Hall–Kier alpha value is -3.83. The number of hydrogen-bond donors (Lipinski definition) is 3. The van der Waals surface area contributed by atoms with Crippen LogP contribution in [0.2, 0.25) is 0 Å². The molecule has 8 nitrogen and oxygen atoms in total. The van der Waals surface area contributed by atoms with Crippen LogP contribution in [0.15, 0.2) is 41.3 Å². The number of β-amino-alcohol motifs (C(OH)–C–C–N with tert-alkyl or cyclic N) is 1. The Balaban J connectivity index is 1.50. The highest BCUT2D eigenvalue weighted by atomic mass is 32.2. The molecule has 0 unspecified atom stereocenters. The molecule has 0 bridgehead atoms. The third-order valence-corrected chi connectivity index (χ3v) is 8.60. The lowest BCUT2D eigenvalue weighted by Crippen LogP contribution is -2.30. The van der Waals surface area contributed by atoms with Gasteiger partial charge in [0.2, 0.25) is 0 Å². The number of benzene rings is 2. The van der Waals surface area contributed by atoms with Crippen LogP contribution in [0.5, 0.6) is 0 Å². The maximum Gasteiger partial charge on any atom is 0.256 e. The molecule has 2 aliphatic heterocycles. The molecule has 2 aromatic carbocycles. The summed E-state index contributed by atoms with van der Waals surface area (Å²) in [6, 6.07) is 7.15. The molecular formula is C27H25F2N3O5S. The van der Waals surface area contributed by atoms with Gasteiger partial charge in [-0.1, -0.05) is 6.07 Å². The standard InChI is InChI=1S/C27H25F2N3O5S/c1-14-24(30-15(2)25(14)27(35)32-9-8-16(33)12-32)11-19-18-10-17(6-7-23(18)31-26(19)34)38(36,37)13-20-21(28)4-3-5-22(20)29/h3-7,10-11,16,30,33H,8-9,12-13H2,1-2H3,(H,31,34)/b19-11-/t16-/m1/s1. The number of rotatable bonds is 5. The third kappa shape index (κ3) is 4.52. The van der Waals surface area contributed by atoms with Crippen molar-refractivity contribution in [3.63, 3.8) is 0 Å². The normalized spacial score (nSPS) is 18.2. The molecule has 11 heteroatoms. The fourth-order valence-electron chi connectivity index (χ4n) is 4.92. The highest BCUT2D eigenvalue weighted by Crippen LogP contribution is 2.36. The zero-order valence-electron chi connectivity index (χ0n) is 20.6. The predicted octanol–water partition coefficient (Wildman–Crippen LogP) is 3.58. The third-order valence-electron chi connectivity index (χ3n) is 6.96. The molecule has 1 aromatic heterocycles. The number of carbonyl (C=O) groups is 2. The fraction of sp³-hybridized carbons (Fsp3) is 0.259. The molecule has 3 aromatic rings. The van der Waals surface area contributed by atoms with Gasteiger partial charge in [-0.3, -0.25) is 9.59 Å². The maximum absolute atomic E-state index is 14.1. The van der Waals surface area contributed by atoms with Gasteiger partial charge >= 0.3 is 0 Å². The number of sulfone groups is 1. The van der Waals surface area contributed by atoms with E-state index < -0.39 is 44.8 Å². The van der Waals surface area contributed by atoms with Gasteiger partial charge < -0.3 is 20.3 Å². The topological polar surface area (TPSA) is 120 Å². The quantitative estimate of drug-likeness (QED) is 0.427. The van der Waals surface area contributed by atoms with Crippen LogP contribution >= 0.6 is 0 Å². The summed E-state index contributed by atoms with van der Waals surface area (Å²) >= 11 is 0. The van der Waals surface area contributed by atoms with Crippen molar-refractivity contribution < 1.29 is 31.9 Å². The van der Waals surface area contributed by atoms with E-state index in [0.717, 1.165) is 18.2 Å². The van der Waals surface area contributed by atoms with Gasteiger partial charge in [-0.15, -0.1) is 0 Å². The number of nitrogens with zero attached hydrogens (tertiary/aromatic N) is 1. The number of aryl methyl sites for hydroxylation is 1. The van der Waals surface area contributed by atoms with E-state index in [1.54, 1.807) is 24.8 Å². The van der Waals surface area contributed by atoms with Crippen molar-refractivity contribution in [2.24, 2.45) is 0 Å². The van der Waals surface area contributed by atoms with Gasteiger partial charge in [0.05, 0.1) is 27.9 Å². The summed E-state index contributed by atoms with van der Waals surface area (Å²) in [5.41, 5.74) is 2.49. The molecule has 0 saturated carbocycles. The number of carbonyl (C=O) groups excluding carboxylic acids is 2. The largest absolute Gasteiger partial charge is 0.391 e. The van der Waals surface area contributed by atoms with Crippen LogP contribution in [-0.4, -0.2) is 54.4 Å². The van der Waals surface area contributed by atoms with E-state index in [9.17, 15) is 31.9 Å². The van der Waals surface area contributed by atoms with Crippen LogP contribution in [0.25, 0.3) is 11.6 Å². The minimum atomic E-state index is -4.15. The first-order valence-electron chi connectivity index (χ1n) is 12.0. The summed E-state index contributed by atoms with van der Waals surface area (Å²) < 4.78 is 54.3. The van der Waals surface area contributed by atoms with E-state index in [0.29, 0.717) is 46.7 Å². The summed E-state index contributed by atoms with van der Waals surface area (Å²) in [5, 5.41) is 12.5. The molecule has 5 rings (SSSR count). The van der Waals surface area contributed by atoms with Crippen molar-refractivity contribution in [1.82, 2.24) is 9.88 Å². The smallest absolute Gasteiger partial charge is 0.256 e. The van der Waals surface area contributed by atoms with Crippen LogP contribution in [0, 0.1) is 25.5 Å². The summed E-state index contributed by atoms with van der Waals surface area (Å²) in [5.74, 6) is -3.48. The Bertz CT molecular complexity index is 1610. The zero-order valence-corrected chi connectivity index (χ0v) is 21.5. The van der Waals surface area contributed by atoms with E-state index >= 15 is 0 Å². The minimum Gasteiger partial charge on any atom is -0.391 e. The molecule has 0 spiro atoms. The number of aromatic nitrogens is 1. The van der Waals surface area contributed by atoms with E-state index in [1.807, 2.05) is 0 Å². The highest BCUT2D eigenvalue weighted by molar-refractivity contribution is 7.90. The molecule has 3 N–H and O–H groups in total. The van der Waals surface area contributed by atoms with Crippen molar-refractivity contribution in [2.45, 2.75) is 37.0 Å². The lowest BCUT2D eigenvalue weighted by atomic mass is 10.0. The summed E-state index contributed by atoms with van der Waals surface area (Å²) in [6.07, 6.45) is 1.50. The number of H-pyrrole nitrogens is 1. The Morgan fingerprint density at radius 3 is 2.55 bits per heavy atom. The molecule has 0 radical (unpaired) electrons. The second-order valence-corrected chi connectivity index (χ2v) is 11.5. The van der Waals surface area contributed by atoms with Crippen molar-refractivity contribution in [3.05, 3.63) is 81.7 Å². The molecule has 198 valence electrons. The van der Waals surface area contributed by atoms with Crippen LogP contribution in [0.3, 0.4) is 0 Å². The number of amides is 2. The number of nitrogens with one attached hydrogen (secondary N) is 2. The van der Waals surface area contributed by atoms with Crippen molar-refractivity contribution in [3.8, 4) is 0 Å². The van der Waals surface area contributed by atoms with E-state index in [1.165, 1.54) is 18.2 Å². The number of aliphatic hydroxyl groups is 1. The number of anilines is 1. The lowest BCUT2D eigenvalue weighted by molar-refractivity contribution is -0.110. The first-order valence-corrected chi connectivity index (χ1v) is 13.6. The first-order chi connectivity index (χ1) is 18.0. The number of aliphatic hydroxyl groups excluding tert-OH is 1. The Morgan fingerprint density at radius 1 is 1.18 bits per heavy atom. The lowest BCUT2D eigenvalue weighted by Gasteiger charge is -2.16. The van der Waals surface area contributed by atoms with Gasteiger partial charge in [-0.25, -0.2) is 17.2 Å². The summed E-state index contributed by atoms with van der Waals surface area (Å²) in [4.78, 5) is 30.4. The molecule has 1 fully saturated rings. The van der Waals surface area contributed by atoms with Gasteiger partial charge in [-0.2, -0.15) is 0 Å². The molecule has 1 atom stereocenters. The maximum atomic E-state index is 14.1. The average molecular weight is 542 g/mol. The second kappa shape index (κ2) is 9.48. The van der Waals surface area contributed by atoms with E-state index in [2.05, 4.69) is 10.3 Å². The second-order valence-electron chi connectivity index (χ2n) is 9.54. The Morgan fingerprint density at radius 2 is 1.89 bits per heavy atom. The van der Waals surface area contributed by atoms with Gasteiger partial charge in [0.15, 0.2) is 9.84 Å². The molecule has 3 heterocycles. The molecule has 2 aliphatic rings. The highest BCUT2D eigenvalue weighted by Gasteiger charge is 2.31. The number of hydrogen-bond acceptors (Lipinski definition) is 5. The van der Waals surface area contributed by atoms with Crippen LogP contribution < -0.4 is 5.32 Å². The Labute approximate surface area is 217 Å². The zero-order chi connectivity index (χ0) is 27.4. The van der Waals surface area contributed by atoms with Crippen molar-refractivity contribution >= 4 is 39.0 Å². The minimum absolute atomic E-state index is 0.175. The van der Waals surface area contributed by atoms with Gasteiger partial charge in [0, 0.05) is 41.3 Å². The molecule has 2 amide bonds.